The van der Waals surface area contributed by atoms with E-state index in [1.54, 1.807) is 41.2 Å². The standard InChI is InChI=1S/C12H7BrFN3O/c13-9-2-1-8(7-10(9)14)18-12-4-6-17-11(16-12)3-5-15-17/h1-7H. The second kappa shape index (κ2) is 4.38. The molecule has 0 aliphatic heterocycles. The molecule has 0 bridgehead atoms. The maximum atomic E-state index is 13.3. The fraction of sp³-hybridized carbons (Fsp3) is 0. The van der Waals surface area contributed by atoms with Crippen molar-refractivity contribution in [1.82, 2.24) is 14.6 Å². The lowest BCUT2D eigenvalue weighted by Crippen LogP contribution is -1.93. The van der Waals surface area contributed by atoms with Crippen molar-refractivity contribution in [2.45, 2.75) is 0 Å². The highest BCUT2D eigenvalue weighted by atomic mass is 79.9. The molecular formula is C12H7BrFN3O. The van der Waals surface area contributed by atoms with Gasteiger partial charge in [0.05, 0.1) is 10.7 Å². The first kappa shape index (κ1) is 11.2. The van der Waals surface area contributed by atoms with Crippen LogP contribution in [0.3, 0.4) is 0 Å². The van der Waals surface area contributed by atoms with Crippen LogP contribution in [0, 0.1) is 5.82 Å². The summed E-state index contributed by atoms with van der Waals surface area (Å²) in [7, 11) is 0. The molecule has 90 valence electrons. The quantitative estimate of drug-likeness (QED) is 0.728. The molecule has 0 radical (unpaired) electrons. The zero-order chi connectivity index (χ0) is 12.5. The second-order valence-electron chi connectivity index (χ2n) is 3.58. The Labute approximate surface area is 110 Å². The lowest BCUT2D eigenvalue weighted by molar-refractivity contribution is 0.457. The molecule has 2 heterocycles. The highest BCUT2D eigenvalue weighted by Crippen LogP contribution is 2.24. The summed E-state index contributed by atoms with van der Waals surface area (Å²) in [4.78, 5) is 4.23. The minimum Gasteiger partial charge on any atom is -0.439 e. The molecule has 1 aromatic carbocycles. The molecule has 0 atom stereocenters. The summed E-state index contributed by atoms with van der Waals surface area (Å²) in [5, 5.41) is 4.02. The van der Waals surface area contributed by atoms with Crippen LogP contribution >= 0.6 is 15.9 Å². The van der Waals surface area contributed by atoms with Crippen molar-refractivity contribution in [2.24, 2.45) is 0 Å². The molecule has 0 unspecified atom stereocenters. The highest BCUT2D eigenvalue weighted by molar-refractivity contribution is 9.10. The zero-order valence-electron chi connectivity index (χ0n) is 9.05. The Morgan fingerprint density at radius 1 is 1.22 bits per heavy atom. The van der Waals surface area contributed by atoms with E-state index in [2.05, 4.69) is 26.0 Å². The van der Waals surface area contributed by atoms with Crippen LogP contribution in [0.25, 0.3) is 5.65 Å². The van der Waals surface area contributed by atoms with Gasteiger partial charge in [0.1, 0.15) is 11.6 Å². The van der Waals surface area contributed by atoms with E-state index in [-0.39, 0.29) is 5.82 Å². The van der Waals surface area contributed by atoms with Crippen molar-refractivity contribution < 1.29 is 9.13 Å². The van der Waals surface area contributed by atoms with E-state index < -0.39 is 0 Å². The van der Waals surface area contributed by atoms with Crippen LogP contribution in [0.1, 0.15) is 0 Å². The van der Waals surface area contributed by atoms with Crippen LogP contribution in [0.2, 0.25) is 0 Å². The number of halogens is 2. The SMILES string of the molecule is Fc1cc(Oc2ccn3nccc3n2)ccc1Br. The topological polar surface area (TPSA) is 39.4 Å². The van der Waals surface area contributed by atoms with Crippen molar-refractivity contribution in [1.29, 1.82) is 0 Å². The summed E-state index contributed by atoms with van der Waals surface area (Å²) in [6.07, 6.45) is 3.37. The van der Waals surface area contributed by atoms with Crippen LogP contribution in [0.15, 0.2) is 47.2 Å². The van der Waals surface area contributed by atoms with Gasteiger partial charge in [-0.25, -0.2) is 8.91 Å². The van der Waals surface area contributed by atoms with Gasteiger partial charge in [0.2, 0.25) is 5.88 Å². The van der Waals surface area contributed by atoms with Gasteiger partial charge < -0.3 is 4.74 Å². The summed E-state index contributed by atoms with van der Waals surface area (Å²) >= 11 is 3.08. The maximum Gasteiger partial charge on any atom is 0.222 e. The number of ether oxygens (including phenoxy) is 1. The van der Waals surface area contributed by atoms with Gasteiger partial charge in [-0.1, -0.05) is 0 Å². The van der Waals surface area contributed by atoms with E-state index in [0.29, 0.717) is 21.7 Å². The van der Waals surface area contributed by atoms with Crippen molar-refractivity contribution >= 4 is 21.6 Å². The number of aromatic nitrogens is 3. The van der Waals surface area contributed by atoms with Gasteiger partial charge in [-0.3, -0.25) is 0 Å². The van der Waals surface area contributed by atoms with Gasteiger partial charge in [0.15, 0.2) is 5.65 Å². The minimum atomic E-state index is -0.377. The van der Waals surface area contributed by atoms with E-state index in [0.717, 1.165) is 0 Å². The molecule has 0 saturated heterocycles. The molecule has 0 aliphatic rings. The van der Waals surface area contributed by atoms with E-state index in [9.17, 15) is 4.39 Å². The monoisotopic (exact) mass is 307 g/mol. The van der Waals surface area contributed by atoms with Gasteiger partial charge in [-0.15, -0.1) is 0 Å². The third-order valence-electron chi connectivity index (χ3n) is 2.35. The molecule has 0 aliphatic carbocycles. The lowest BCUT2D eigenvalue weighted by Gasteiger charge is -2.05. The molecule has 4 nitrogen and oxygen atoms in total. The van der Waals surface area contributed by atoms with Crippen LogP contribution < -0.4 is 4.74 Å². The average molecular weight is 308 g/mol. The van der Waals surface area contributed by atoms with Crippen molar-refractivity contribution in [3.05, 3.63) is 53.0 Å². The lowest BCUT2D eigenvalue weighted by atomic mass is 10.3. The maximum absolute atomic E-state index is 13.3. The van der Waals surface area contributed by atoms with E-state index in [1.165, 1.54) is 6.07 Å². The molecule has 2 aromatic heterocycles. The third-order valence-corrected chi connectivity index (χ3v) is 2.99. The third kappa shape index (κ3) is 2.06. The van der Waals surface area contributed by atoms with Crippen molar-refractivity contribution in [2.75, 3.05) is 0 Å². The molecule has 0 saturated carbocycles. The molecule has 0 amide bonds. The number of hydrogen-bond donors (Lipinski definition) is 0. The highest BCUT2D eigenvalue weighted by Gasteiger charge is 2.04. The van der Waals surface area contributed by atoms with Crippen molar-refractivity contribution in [3.8, 4) is 11.6 Å². The summed E-state index contributed by atoms with van der Waals surface area (Å²) in [5.74, 6) is 0.412. The summed E-state index contributed by atoms with van der Waals surface area (Å²) in [5.41, 5.74) is 0.671. The predicted octanol–water partition coefficient (Wildman–Crippen LogP) is 3.42. The Hall–Kier alpha value is -1.95. The van der Waals surface area contributed by atoms with Gasteiger partial charge in [0, 0.05) is 24.4 Å². The van der Waals surface area contributed by atoms with Crippen LogP contribution in [0.4, 0.5) is 4.39 Å². The summed E-state index contributed by atoms with van der Waals surface area (Å²) < 4.78 is 20.8. The molecule has 3 aromatic rings. The number of fused-ring (bicyclic) bond motifs is 1. The minimum absolute atomic E-state index is 0.377. The largest absolute Gasteiger partial charge is 0.439 e. The first-order valence-electron chi connectivity index (χ1n) is 5.16. The van der Waals surface area contributed by atoms with Gasteiger partial charge in [-0.05, 0) is 28.1 Å². The summed E-state index contributed by atoms with van der Waals surface area (Å²) in [6, 6.07) is 7.97. The Morgan fingerprint density at radius 3 is 2.94 bits per heavy atom. The second-order valence-corrected chi connectivity index (χ2v) is 4.43. The first-order chi connectivity index (χ1) is 8.72. The predicted molar refractivity (Wildman–Crippen MR) is 67.2 cm³/mol. The van der Waals surface area contributed by atoms with Crippen LogP contribution in [-0.4, -0.2) is 14.6 Å². The molecule has 3 rings (SSSR count). The van der Waals surface area contributed by atoms with Crippen LogP contribution in [0.5, 0.6) is 11.6 Å². The molecular weight excluding hydrogens is 301 g/mol. The zero-order valence-corrected chi connectivity index (χ0v) is 10.6. The number of rotatable bonds is 2. The van der Waals surface area contributed by atoms with Crippen LogP contribution in [-0.2, 0) is 0 Å². The van der Waals surface area contributed by atoms with E-state index in [4.69, 9.17) is 4.74 Å². The Morgan fingerprint density at radius 2 is 2.11 bits per heavy atom. The molecule has 0 fully saturated rings. The van der Waals surface area contributed by atoms with Gasteiger partial charge in [0.25, 0.3) is 0 Å². The number of hydrogen-bond acceptors (Lipinski definition) is 3. The van der Waals surface area contributed by atoms with E-state index >= 15 is 0 Å². The Kier molecular flexibility index (Phi) is 2.71. The Balaban J connectivity index is 1.92. The van der Waals surface area contributed by atoms with Gasteiger partial charge >= 0.3 is 0 Å². The average Bonchev–Trinajstić information content (AvgIpc) is 2.81. The van der Waals surface area contributed by atoms with Gasteiger partial charge in [-0.2, -0.15) is 10.1 Å². The molecule has 0 spiro atoms. The number of nitrogens with zero attached hydrogens (tertiary/aromatic N) is 3. The van der Waals surface area contributed by atoms with Crippen molar-refractivity contribution in [3.63, 3.8) is 0 Å². The fourth-order valence-electron chi connectivity index (χ4n) is 1.51. The first-order valence-corrected chi connectivity index (χ1v) is 5.95. The molecule has 18 heavy (non-hydrogen) atoms. The number of benzene rings is 1. The Bertz CT molecular complexity index is 713. The van der Waals surface area contributed by atoms with E-state index in [1.807, 2.05) is 0 Å². The normalized spacial score (nSPS) is 10.8. The molecule has 6 heteroatoms. The smallest absolute Gasteiger partial charge is 0.222 e. The molecule has 0 N–H and O–H groups in total. The fourth-order valence-corrected chi connectivity index (χ4v) is 1.76. The summed E-state index contributed by atoms with van der Waals surface area (Å²) in [6.45, 7) is 0.